The van der Waals surface area contributed by atoms with Crippen molar-refractivity contribution in [2.24, 2.45) is 28.1 Å². The van der Waals surface area contributed by atoms with Crippen LogP contribution in [0.1, 0.15) is 72.1 Å². The molecule has 2 heterocycles. The zero-order valence-electron chi connectivity index (χ0n) is 25.4. The average molecular weight is 615 g/mol. The minimum absolute atomic E-state index is 0.0623. The van der Waals surface area contributed by atoms with Crippen molar-refractivity contribution in [2.75, 3.05) is 13.2 Å². The number of esters is 1. The molecule has 0 aromatic heterocycles. The number of ether oxygens (including phenoxy) is 4. The van der Waals surface area contributed by atoms with E-state index < -0.39 is 86.0 Å². The van der Waals surface area contributed by atoms with E-state index in [-0.39, 0.29) is 16.7 Å². The lowest BCUT2D eigenvalue weighted by atomic mass is 9.40. The van der Waals surface area contributed by atoms with E-state index in [1.165, 1.54) is 5.57 Å². The van der Waals surface area contributed by atoms with E-state index in [4.69, 9.17) is 18.9 Å². The summed E-state index contributed by atoms with van der Waals surface area (Å²) in [7, 11) is 0. The van der Waals surface area contributed by atoms with Crippen LogP contribution in [0, 0.1) is 28.1 Å². The summed E-state index contributed by atoms with van der Waals surface area (Å²) >= 11 is 0. The number of hydrogen-bond acceptors (Lipinski definition) is 12. The fourth-order valence-corrected chi connectivity index (χ4v) is 9.35. The second kappa shape index (κ2) is 12.2. The monoisotopic (exact) mass is 614 g/mol. The van der Waals surface area contributed by atoms with Crippen LogP contribution in [0.2, 0.25) is 0 Å². The second-order valence-corrected chi connectivity index (χ2v) is 14.5. The fourth-order valence-electron chi connectivity index (χ4n) is 9.35. The van der Waals surface area contributed by atoms with Gasteiger partial charge >= 0.3 is 5.97 Å². The Balaban J connectivity index is 1.27. The van der Waals surface area contributed by atoms with Crippen molar-refractivity contribution in [3.8, 4) is 0 Å². The van der Waals surface area contributed by atoms with Gasteiger partial charge in [-0.05, 0) is 74.5 Å². The highest BCUT2D eigenvalue weighted by molar-refractivity contribution is 5.77. The lowest BCUT2D eigenvalue weighted by Gasteiger charge is -2.64. The summed E-state index contributed by atoms with van der Waals surface area (Å²) in [6, 6.07) is 0. The zero-order valence-corrected chi connectivity index (χ0v) is 25.4. The molecule has 2 aliphatic heterocycles. The molecule has 0 bridgehead atoms. The van der Waals surface area contributed by atoms with Crippen molar-refractivity contribution in [1.29, 1.82) is 0 Å². The quantitative estimate of drug-likeness (QED) is 0.158. The molecule has 12 heteroatoms. The molecule has 11 unspecified atom stereocenters. The maximum Gasteiger partial charge on any atom is 0.314 e. The molecule has 43 heavy (non-hydrogen) atoms. The molecule has 5 fully saturated rings. The van der Waals surface area contributed by atoms with Crippen molar-refractivity contribution >= 4 is 5.97 Å². The summed E-state index contributed by atoms with van der Waals surface area (Å²) in [5.41, 5.74) is 0.547. The third kappa shape index (κ3) is 5.70. The molecule has 7 N–H and O–H groups in total. The van der Waals surface area contributed by atoms with Crippen LogP contribution in [0.25, 0.3) is 0 Å². The van der Waals surface area contributed by atoms with Gasteiger partial charge < -0.3 is 54.7 Å². The van der Waals surface area contributed by atoms with Crippen LogP contribution >= 0.6 is 0 Å². The molecule has 0 amide bonds. The highest BCUT2D eigenvalue weighted by Gasteiger charge is 2.62. The van der Waals surface area contributed by atoms with Gasteiger partial charge in [-0.15, -0.1) is 0 Å². The number of fused-ring (bicyclic) bond motifs is 3. The van der Waals surface area contributed by atoms with Gasteiger partial charge in [0.25, 0.3) is 0 Å². The van der Waals surface area contributed by atoms with E-state index in [1.54, 1.807) is 0 Å². The number of aliphatic hydroxyl groups is 7. The van der Waals surface area contributed by atoms with Crippen molar-refractivity contribution in [2.45, 2.75) is 134 Å². The standard InChI is InChI=1S/C31H50O12/c1-15-6-7-18-29(2,12-15)11-8-19-30(18,3)9-5-10-31(19,4)28(39)43-27-25(38)23(36)21(34)17(42-27)14-40-26-24(37)22(35)20(33)16(13-32)41-26/h16-27,32-38H,1,5-14H2,2-4H3/t16?,17?,18-,19?,20?,21?,22?,23?,24?,25?,26?,27?,29-,30+,31-/m1/s1. The molecule has 2 saturated heterocycles. The summed E-state index contributed by atoms with van der Waals surface area (Å²) in [6.45, 7) is 9.74. The molecule has 15 atom stereocenters. The van der Waals surface area contributed by atoms with E-state index in [0.29, 0.717) is 12.3 Å². The van der Waals surface area contributed by atoms with Gasteiger partial charge in [0, 0.05) is 0 Å². The van der Waals surface area contributed by atoms with Crippen LogP contribution in [0.3, 0.4) is 0 Å². The molecule has 0 aromatic carbocycles. The van der Waals surface area contributed by atoms with E-state index in [0.717, 1.165) is 44.9 Å². The largest absolute Gasteiger partial charge is 0.432 e. The summed E-state index contributed by atoms with van der Waals surface area (Å²) < 4.78 is 22.4. The SMILES string of the molecule is C=C1CC[C@@H]2[C@](C)(CCC3[C@](C)(C(=O)OC4OC(COC5OC(CO)C(O)C(O)C5O)C(O)C(O)C4O)CCC[C@]32C)C1. The van der Waals surface area contributed by atoms with Gasteiger partial charge in [0.05, 0.1) is 18.6 Å². The predicted molar refractivity (Wildman–Crippen MR) is 150 cm³/mol. The van der Waals surface area contributed by atoms with E-state index in [1.807, 2.05) is 6.92 Å². The predicted octanol–water partition coefficient (Wildman–Crippen LogP) is 0.123. The summed E-state index contributed by atoms with van der Waals surface area (Å²) in [4.78, 5) is 14.0. The van der Waals surface area contributed by atoms with Gasteiger partial charge in [-0.2, -0.15) is 0 Å². The first-order chi connectivity index (χ1) is 20.2. The molecule has 12 nitrogen and oxygen atoms in total. The van der Waals surface area contributed by atoms with Gasteiger partial charge in [0.1, 0.15) is 48.8 Å². The van der Waals surface area contributed by atoms with Gasteiger partial charge in [-0.3, -0.25) is 4.79 Å². The smallest absolute Gasteiger partial charge is 0.314 e. The van der Waals surface area contributed by atoms with Crippen molar-refractivity contribution in [3.05, 3.63) is 12.2 Å². The maximum absolute atomic E-state index is 14.0. The van der Waals surface area contributed by atoms with Crippen molar-refractivity contribution in [3.63, 3.8) is 0 Å². The Morgan fingerprint density at radius 3 is 2.14 bits per heavy atom. The van der Waals surface area contributed by atoms with Crippen molar-refractivity contribution < 1.29 is 59.5 Å². The van der Waals surface area contributed by atoms with E-state index in [2.05, 4.69) is 20.4 Å². The number of carbonyl (C=O) groups is 1. The highest BCUT2D eigenvalue weighted by Crippen LogP contribution is 2.68. The number of hydrogen-bond donors (Lipinski definition) is 7. The van der Waals surface area contributed by atoms with E-state index in [9.17, 15) is 40.5 Å². The molecule has 5 aliphatic rings. The molecule has 0 radical (unpaired) electrons. The fraction of sp³-hybridized carbons (Fsp3) is 0.903. The number of rotatable bonds is 6. The summed E-state index contributed by atoms with van der Waals surface area (Å²) in [5.74, 6) is -0.00476. The van der Waals surface area contributed by atoms with Crippen LogP contribution in [0.4, 0.5) is 0 Å². The van der Waals surface area contributed by atoms with Crippen LogP contribution < -0.4 is 0 Å². The minimum atomic E-state index is -1.73. The Morgan fingerprint density at radius 1 is 0.837 bits per heavy atom. The molecule has 246 valence electrons. The Kier molecular flexibility index (Phi) is 9.41. The minimum Gasteiger partial charge on any atom is -0.432 e. The Morgan fingerprint density at radius 2 is 1.47 bits per heavy atom. The Bertz CT molecular complexity index is 1040. The first kappa shape index (κ1) is 33.2. The van der Waals surface area contributed by atoms with Crippen LogP contribution in [-0.4, -0.2) is 116 Å². The average Bonchev–Trinajstić information content (AvgIpc) is 2.95. The molecular weight excluding hydrogens is 564 g/mol. The number of carbonyl (C=O) groups excluding carboxylic acids is 1. The van der Waals surface area contributed by atoms with Crippen LogP contribution in [-0.2, 0) is 23.7 Å². The van der Waals surface area contributed by atoms with Gasteiger partial charge in [0.15, 0.2) is 6.29 Å². The first-order valence-corrected chi connectivity index (χ1v) is 15.7. The van der Waals surface area contributed by atoms with Crippen molar-refractivity contribution in [1.82, 2.24) is 0 Å². The van der Waals surface area contributed by atoms with Crippen LogP contribution in [0.15, 0.2) is 12.2 Å². The molecule has 5 rings (SSSR count). The van der Waals surface area contributed by atoms with Gasteiger partial charge in [-0.1, -0.05) is 32.4 Å². The lowest BCUT2D eigenvalue weighted by molar-refractivity contribution is -0.328. The number of aliphatic hydroxyl groups excluding tert-OH is 7. The Hall–Kier alpha value is -1.19. The number of allylic oxidation sites excluding steroid dienone is 1. The lowest BCUT2D eigenvalue weighted by Crippen LogP contribution is -2.63. The highest BCUT2D eigenvalue weighted by atomic mass is 16.7. The Labute approximate surface area is 252 Å². The third-order valence-corrected chi connectivity index (χ3v) is 11.7. The van der Waals surface area contributed by atoms with Crippen LogP contribution in [0.5, 0.6) is 0 Å². The maximum atomic E-state index is 14.0. The normalized spacial score (nSPS) is 52.2. The third-order valence-electron chi connectivity index (χ3n) is 11.7. The van der Waals surface area contributed by atoms with Gasteiger partial charge in [0.2, 0.25) is 6.29 Å². The summed E-state index contributed by atoms with van der Waals surface area (Å²) in [5, 5.41) is 71.6. The second-order valence-electron chi connectivity index (χ2n) is 14.5. The summed E-state index contributed by atoms with van der Waals surface area (Å²) in [6.07, 6.45) is -8.17. The van der Waals surface area contributed by atoms with Gasteiger partial charge in [-0.25, -0.2) is 0 Å². The first-order valence-electron chi connectivity index (χ1n) is 15.7. The molecular formula is C31H50O12. The molecule has 3 aliphatic carbocycles. The molecule has 0 spiro atoms. The zero-order chi connectivity index (χ0) is 31.5. The van der Waals surface area contributed by atoms with E-state index >= 15 is 0 Å². The molecule has 3 saturated carbocycles. The molecule has 0 aromatic rings. The topological polar surface area (TPSA) is 196 Å².